The van der Waals surface area contributed by atoms with Crippen LogP contribution in [0.1, 0.15) is 6.42 Å². The van der Waals surface area contributed by atoms with Gasteiger partial charge in [-0.15, -0.1) is 0 Å². The van der Waals surface area contributed by atoms with Gasteiger partial charge < -0.3 is 4.74 Å². The van der Waals surface area contributed by atoms with Crippen molar-refractivity contribution >= 4 is 26.8 Å². The largest absolute Gasteiger partial charge is 0.497 e. The lowest BCUT2D eigenvalue weighted by Gasteiger charge is -2.24. The number of hydrogen-bond acceptors (Lipinski definition) is 5. The van der Waals surface area contributed by atoms with Crippen molar-refractivity contribution in [2.75, 3.05) is 30.8 Å². The van der Waals surface area contributed by atoms with Crippen LogP contribution in [-0.2, 0) is 25.3 Å². The lowest BCUT2D eigenvalue weighted by atomic mass is 10.3. The van der Waals surface area contributed by atoms with Gasteiger partial charge >= 0.3 is 0 Å². The van der Waals surface area contributed by atoms with Gasteiger partial charge in [-0.05, 0) is 42.8 Å². The highest BCUT2D eigenvalue weighted by atomic mass is 32.2. The second-order valence-corrected chi connectivity index (χ2v) is 8.33. The minimum atomic E-state index is -3.75. The molecule has 2 rings (SSSR count). The van der Waals surface area contributed by atoms with E-state index in [4.69, 9.17) is 8.92 Å². The summed E-state index contributed by atoms with van der Waals surface area (Å²) in [6.45, 7) is 0.202. The Morgan fingerprint density at radius 2 is 1.64 bits per heavy atom. The van der Waals surface area contributed by atoms with Crippen LogP contribution in [0.2, 0.25) is 0 Å². The lowest BCUT2D eigenvalue weighted by molar-refractivity contribution is 0.414. The van der Waals surface area contributed by atoms with Crippen LogP contribution in [0, 0.1) is 0 Å². The van der Waals surface area contributed by atoms with Crippen LogP contribution in [0.5, 0.6) is 5.75 Å². The molecule has 8 heteroatoms. The van der Waals surface area contributed by atoms with Crippen LogP contribution in [-0.4, -0.2) is 39.1 Å². The average Bonchev–Trinajstić information content (AvgIpc) is 2.65. The van der Waals surface area contributed by atoms with Gasteiger partial charge in [-0.1, -0.05) is 18.2 Å². The van der Waals surface area contributed by atoms with Crippen molar-refractivity contribution in [3.63, 3.8) is 0 Å². The van der Waals surface area contributed by atoms with E-state index >= 15 is 0 Å². The fourth-order valence-corrected chi connectivity index (χ4v) is 4.30. The van der Waals surface area contributed by atoms with Crippen molar-refractivity contribution in [3.05, 3.63) is 54.6 Å². The standard InChI is InChI=1S/C17H21NO5S2/c1-22-16-9-11-17(12-10-16)25(20,21)18(13-6-14-24(19)23-2)15-7-4-3-5-8-15/h3-5,7-12H,6,13-14H2,1-2H3. The summed E-state index contributed by atoms with van der Waals surface area (Å²) in [6.07, 6.45) is 0.407. The molecule has 2 aromatic rings. The Morgan fingerprint density at radius 3 is 2.20 bits per heavy atom. The van der Waals surface area contributed by atoms with E-state index in [0.717, 1.165) is 0 Å². The molecule has 2 aromatic carbocycles. The number of rotatable bonds is 9. The van der Waals surface area contributed by atoms with Crippen LogP contribution in [0.15, 0.2) is 59.5 Å². The van der Waals surface area contributed by atoms with E-state index in [1.165, 1.54) is 30.7 Å². The number of methoxy groups -OCH3 is 1. The maximum atomic E-state index is 13.1. The average molecular weight is 383 g/mol. The van der Waals surface area contributed by atoms with Gasteiger partial charge in [0.05, 0.1) is 30.6 Å². The SMILES string of the molecule is COc1ccc(S(=O)(=O)N(CCCS(=O)OC)c2ccccc2)cc1. The molecule has 25 heavy (non-hydrogen) atoms. The highest BCUT2D eigenvalue weighted by Gasteiger charge is 2.24. The first-order valence-corrected chi connectivity index (χ1v) is 10.3. The predicted octanol–water partition coefficient (Wildman–Crippen LogP) is 2.59. The van der Waals surface area contributed by atoms with Crippen molar-refractivity contribution in [3.8, 4) is 5.75 Å². The Bertz CT molecular complexity index is 792. The maximum Gasteiger partial charge on any atom is 0.264 e. The molecule has 0 heterocycles. The fraction of sp³-hybridized carbons (Fsp3) is 0.294. The molecule has 0 saturated heterocycles. The fourth-order valence-electron chi connectivity index (χ4n) is 2.27. The second-order valence-electron chi connectivity index (χ2n) is 5.12. The van der Waals surface area contributed by atoms with Crippen molar-refractivity contribution in [1.82, 2.24) is 0 Å². The third-order valence-corrected chi connectivity index (χ3v) is 6.39. The maximum absolute atomic E-state index is 13.1. The van der Waals surface area contributed by atoms with Gasteiger partial charge in [-0.25, -0.2) is 12.6 Å². The number of ether oxygens (including phenoxy) is 1. The van der Waals surface area contributed by atoms with Crippen molar-refractivity contribution in [2.45, 2.75) is 11.3 Å². The van der Waals surface area contributed by atoms with E-state index in [1.807, 2.05) is 6.07 Å². The summed E-state index contributed by atoms with van der Waals surface area (Å²) < 4.78 is 48.7. The Balaban J connectivity index is 2.30. The number of benzene rings is 2. The molecule has 0 amide bonds. The Morgan fingerprint density at radius 1 is 1.00 bits per heavy atom. The number of nitrogens with zero attached hydrogens (tertiary/aromatic N) is 1. The molecular weight excluding hydrogens is 362 g/mol. The van der Waals surface area contributed by atoms with E-state index in [2.05, 4.69) is 0 Å². The zero-order chi connectivity index (χ0) is 18.3. The van der Waals surface area contributed by atoms with Gasteiger partial charge in [0.2, 0.25) is 0 Å². The van der Waals surface area contributed by atoms with Gasteiger partial charge in [0, 0.05) is 6.54 Å². The molecule has 136 valence electrons. The normalized spacial score (nSPS) is 12.6. The summed E-state index contributed by atoms with van der Waals surface area (Å²) in [7, 11) is -0.862. The third kappa shape index (κ3) is 5.04. The number of anilines is 1. The first kappa shape index (κ1) is 19.4. The van der Waals surface area contributed by atoms with Crippen LogP contribution in [0.3, 0.4) is 0 Å². The molecule has 0 saturated carbocycles. The molecule has 0 aliphatic carbocycles. The third-order valence-electron chi connectivity index (χ3n) is 3.55. The van der Waals surface area contributed by atoms with Crippen molar-refractivity contribution in [2.24, 2.45) is 0 Å². The van der Waals surface area contributed by atoms with E-state index in [0.29, 0.717) is 17.9 Å². The first-order valence-electron chi connectivity index (χ1n) is 7.63. The van der Waals surface area contributed by atoms with E-state index < -0.39 is 21.1 Å². The summed E-state index contributed by atoms with van der Waals surface area (Å²) >= 11 is -1.41. The lowest BCUT2D eigenvalue weighted by Crippen LogP contribution is -2.32. The van der Waals surface area contributed by atoms with E-state index in [9.17, 15) is 12.6 Å². The smallest absolute Gasteiger partial charge is 0.264 e. The van der Waals surface area contributed by atoms with Crippen LogP contribution >= 0.6 is 0 Å². The zero-order valence-electron chi connectivity index (χ0n) is 14.1. The van der Waals surface area contributed by atoms with E-state index in [1.54, 1.807) is 36.4 Å². The van der Waals surface area contributed by atoms with Gasteiger partial charge in [-0.2, -0.15) is 0 Å². The van der Waals surface area contributed by atoms with Crippen LogP contribution in [0.25, 0.3) is 0 Å². The molecule has 0 N–H and O–H groups in total. The molecule has 0 aliphatic heterocycles. The summed E-state index contributed by atoms with van der Waals surface area (Å²) in [4.78, 5) is 0.171. The van der Waals surface area contributed by atoms with Crippen LogP contribution in [0.4, 0.5) is 5.69 Å². The first-order chi connectivity index (χ1) is 12.0. The Hall–Kier alpha value is -1.90. The van der Waals surface area contributed by atoms with Crippen LogP contribution < -0.4 is 9.04 Å². The van der Waals surface area contributed by atoms with Crippen molar-refractivity contribution < 1.29 is 21.5 Å². The van der Waals surface area contributed by atoms with E-state index in [-0.39, 0.29) is 17.2 Å². The van der Waals surface area contributed by atoms with Gasteiger partial charge in [0.15, 0.2) is 11.1 Å². The topological polar surface area (TPSA) is 72.9 Å². The predicted molar refractivity (Wildman–Crippen MR) is 98.6 cm³/mol. The Labute approximate surface area is 151 Å². The highest BCUT2D eigenvalue weighted by Crippen LogP contribution is 2.25. The van der Waals surface area contributed by atoms with Gasteiger partial charge in [0.1, 0.15) is 5.75 Å². The zero-order valence-corrected chi connectivity index (χ0v) is 15.8. The number of hydrogen-bond donors (Lipinski definition) is 0. The number of para-hydroxylation sites is 1. The summed E-state index contributed by atoms with van der Waals surface area (Å²) in [6, 6.07) is 15.1. The molecule has 1 unspecified atom stereocenters. The quantitative estimate of drug-likeness (QED) is 0.665. The molecule has 0 fully saturated rings. The number of sulfonamides is 1. The van der Waals surface area contributed by atoms with Crippen molar-refractivity contribution in [1.29, 1.82) is 0 Å². The molecule has 0 radical (unpaired) electrons. The van der Waals surface area contributed by atoms with Gasteiger partial charge in [0.25, 0.3) is 10.0 Å². The summed E-state index contributed by atoms with van der Waals surface area (Å²) in [5.74, 6) is 0.846. The Kier molecular flexibility index (Phi) is 6.98. The van der Waals surface area contributed by atoms with Gasteiger partial charge in [-0.3, -0.25) is 8.49 Å². The summed E-state index contributed by atoms with van der Waals surface area (Å²) in [5.41, 5.74) is 0.557. The molecular formula is C17H21NO5S2. The minimum absolute atomic E-state index is 0.171. The highest BCUT2D eigenvalue weighted by molar-refractivity contribution is 7.92. The minimum Gasteiger partial charge on any atom is -0.497 e. The molecule has 6 nitrogen and oxygen atoms in total. The molecule has 0 aromatic heterocycles. The molecule has 0 spiro atoms. The molecule has 0 aliphatic rings. The summed E-state index contributed by atoms with van der Waals surface area (Å²) in [5, 5.41) is 0. The monoisotopic (exact) mass is 383 g/mol. The second kappa shape index (κ2) is 8.98. The molecule has 1 atom stereocenters. The molecule has 0 bridgehead atoms.